The van der Waals surface area contributed by atoms with Crippen molar-refractivity contribution >= 4 is 34.2 Å². The van der Waals surface area contributed by atoms with E-state index in [9.17, 15) is 4.79 Å². The van der Waals surface area contributed by atoms with Crippen LogP contribution < -0.4 is 10.1 Å². The largest absolute Gasteiger partial charge is 0.484 e. The van der Waals surface area contributed by atoms with Gasteiger partial charge >= 0.3 is 0 Å². The standard InChI is InChI=1S/C24H22ClN3O2/c1-3-16-7-9-19(10-8-16)30-14-23(29)26-18-6-4-5-17(12-18)24-27-21-11-15(2)20(25)13-22(21)28-24/h4-13H,3,14H2,1-2H3,(H,26,29)(H,27,28). The first-order valence-electron chi connectivity index (χ1n) is 9.79. The normalized spacial score (nSPS) is 10.9. The smallest absolute Gasteiger partial charge is 0.262 e. The third-order valence-corrected chi connectivity index (χ3v) is 5.29. The molecule has 152 valence electrons. The number of amides is 1. The minimum atomic E-state index is -0.223. The van der Waals surface area contributed by atoms with Crippen molar-refractivity contribution in [3.8, 4) is 17.1 Å². The number of hydrogen-bond donors (Lipinski definition) is 2. The van der Waals surface area contributed by atoms with E-state index >= 15 is 0 Å². The highest BCUT2D eigenvalue weighted by Crippen LogP contribution is 2.26. The number of aromatic amines is 1. The molecule has 1 aromatic heterocycles. The van der Waals surface area contributed by atoms with Crippen molar-refractivity contribution in [1.82, 2.24) is 9.97 Å². The van der Waals surface area contributed by atoms with E-state index < -0.39 is 0 Å². The van der Waals surface area contributed by atoms with Crippen LogP contribution in [0.1, 0.15) is 18.1 Å². The SMILES string of the molecule is CCc1ccc(OCC(=O)Nc2cccc(-c3nc4cc(Cl)c(C)cc4[nH]3)c2)cc1. The number of aromatic nitrogens is 2. The Balaban J connectivity index is 1.44. The molecule has 3 aromatic carbocycles. The molecule has 0 spiro atoms. The lowest BCUT2D eigenvalue weighted by molar-refractivity contribution is -0.118. The van der Waals surface area contributed by atoms with Crippen LogP contribution in [0.2, 0.25) is 5.02 Å². The Hall–Kier alpha value is -3.31. The van der Waals surface area contributed by atoms with Crippen LogP contribution in [0.5, 0.6) is 5.75 Å². The van der Waals surface area contributed by atoms with E-state index in [1.54, 1.807) is 0 Å². The summed E-state index contributed by atoms with van der Waals surface area (Å²) in [7, 11) is 0. The fourth-order valence-corrected chi connectivity index (χ4v) is 3.35. The summed E-state index contributed by atoms with van der Waals surface area (Å²) in [5, 5.41) is 3.56. The van der Waals surface area contributed by atoms with E-state index in [-0.39, 0.29) is 12.5 Å². The number of benzene rings is 3. The summed E-state index contributed by atoms with van der Waals surface area (Å²) in [6.07, 6.45) is 0.967. The lowest BCUT2D eigenvalue weighted by Crippen LogP contribution is -2.20. The molecule has 2 N–H and O–H groups in total. The van der Waals surface area contributed by atoms with Crippen LogP contribution in [-0.4, -0.2) is 22.5 Å². The van der Waals surface area contributed by atoms with Crippen molar-refractivity contribution in [3.05, 3.63) is 76.8 Å². The maximum Gasteiger partial charge on any atom is 0.262 e. The van der Waals surface area contributed by atoms with Crippen molar-refractivity contribution in [1.29, 1.82) is 0 Å². The number of hydrogen-bond acceptors (Lipinski definition) is 3. The Morgan fingerprint density at radius 2 is 1.93 bits per heavy atom. The molecule has 0 unspecified atom stereocenters. The van der Waals surface area contributed by atoms with Gasteiger partial charge in [-0.15, -0.1) is 0 Å². The Bertz CT molecular complexity index is 1160. The Labute approximate surface area is 180 Å². The van der Waals surface area contributed by atoms with Gasteiger partial charge in [0.15, 0.2) is 6.61 Å². The van der Waals surface area contributed by atoms with Crippen LogP contribution in [0.25, 0.3) is 22.4 Å². The summed E-state index contributed by atoms with van der Waals surface area (Å²) < 4.78 is 5.57. The maximum atomic E-state index is 12.3. The van der Waals surface area contributed by atoms with Crippen molar-refractivity contribution in [2.24, 2.45) is 0 Å². The molecule has 0 atom stereocenters. The highest BCUT2D eigenvalue weighted by molar-refractivity contribution is 6.32. The summed E-state index contributed by atoms with van der Waals surface area (Å²) in [6, 6.07) is 19.1. The van der Waals surface area contributed by atoms with Gasteiger partial charge in [0.05, 0.1) is 11.0 Å². The molecule has 0 saturated carbocycles. The Morgan fingerprint density at radius 1 is 1.13 bits per heavy atom. The second kappa shape index (κ2) is 8.59. The molecule has 0 fully saturated rings. The number of ether oxygens (including phenoxy) is 1. The number of halogens is 1. The lowest BCUT2D eigenvalue weighted by atomic mass is 10.2. The van der Waals surface area contributed by atoms with Crippen molar-refractivity contribution in [2.75, 3.05) is 11.9 Å². The second-order valence-corrected chi connectivity index (χ2v) is 7.53. The highest BCUT2D eigenvalue weighted by Gasteiger charge is 2.10. The molecule has 0 aliphatic rings. The zero-order valence-corrected chi connectivity index (χ0v) is 17.6. The van der Waals surface area contributed by atoms with Gasteiger partial charge in [0, 0.05) is 16.3 Å². The molecule has 5 nitrogen and oxygen atoms in total. The van der Waals surface area contributed by atoms with Gasteiger partial charge in [0.2, 0.25) is 0 Å². The molecule has 0 saturated heterocycles. The molecule has 4 aromatic rings. The number of imidazole rings is 1. The number of fused-ring (bicyclic) bond motifs is 1. The minimum Gasteiger partial charge on any atom is -0.484 e. The van der Waals surface area contributed by atoms with Gasteiger partial charge < -0.3 is 15.0 Å². The first-order valence-corrected chi connectivity index (χ1v) is 10.2. The van der Waals surface area contributed by atoms with Gasteiger partial charge in [0.25, 0.3) is 5.91 Å². The molecule has 6 heteroatoms. The van der Waals surface area contributed by atoms with Crippen LogP contribution in [0.4, 0.5) is 5.69 Å². The van der Waals surface area contributed by atoms with Crippen molar-refractivity contribution in [3.63, 3.8) is 0 Å². The summed E-state index contributed by atoms with van der Waals surface area (Å²) in [4.78, 5) is 20.2. The van der Waals surface area contributed by atoms with E-state index in [1.807, 2.05) is 67.6 Å². The molecule has 0 bridgehead atoms. The third-order valence-electron chi connectivity index (χ3n) is 4.88. The molecule has 1 amide bonds. The zero-order chi connectivity index (χ0) is 21.1. The molecule has 0 aliphatic carbocycles. The third kappa shape index (κ3) is 4.47. The molecule has 0 aliphatic heterocycles. The number of carbonyl (C=O) groups is 1. The number of anilines is 1. The number of carbonyl (C=O) groups excluding carboxylic acids is 1. The molecule has 1 heterocycles. The number of nitrogens with one attached hydrogen (secondary N) is 2. The van der Waals surface area contributed by atoms with Gasteiger partial charge in [0.1, 0.15) is 11.6 Å². The van der Waals surface area contributed by atoms with Crippen LogP contribution in [0.3, 0.4) is 0 Å². The highest BCUT2D eigenvalue weighted by atomic mass is 35.5. The average Bonchev–Trinajstić information content (AvgIpc) is 3.16. The van der Waals surface area contributed by atoms with E-state index in [0.29, 0.717) is 16.5 Å². The summed E-state index contributed by atoms with van der Waals surface area (Å²) >= 11 is 6.20. The van der Waals surface area contributed by atoms with E-state index in [0.717, 1.165) is 34.4 Å². The number of rotatable bonds is 6. The fourth-order valence-electron chi connectivity index (χ4n) is 3.19. The van der Waals surface area contributed by atoms with Crippen LogP contribution in [0, 0.1) is 6.92 Å². The predicted octanol–water partition coefficient (Wildman–Crippen LogP) is 5.77. The molecule has 30 heavy (non-hydrogen) atoms. The molecular weight excluding hydrogens is 398 g/mol. The first kappa shape index (κ1) is 20.0. The second-order valence-electron chi connectivity index (χ2n) is 7.12. The lowest BCUT2D eigenvalue weighted by Gasteiger charge is -2.09. The van der Waals surface area contributed by atoms with E-state index in [2.05, 4.69) is 22.2 Å². The maximum absolute atomic E-state index is 12.3. The summed E-state index contributed by atoms with van der Waals surface area (Å²) in [6.45, 7) is 4.00. The van der Waals surface area contributed by atoms with Gasteiger partial charge in [-0.05, 0) is 60.9 Å². The minimum absolute atomic E-state index is 0.0574. The van der Waals surface area contributed by atoms with Gasteiger partial charge in [-0.2, -0.15) is 0 Å². The van der Waals surface area contributed by atoms with Crippen LogP contribution >= 0.6 is 11.6 Å². The zero-order valence-electron chi connectivity index (χ0n) is 16.8. The molecular formula is C24H22ClN3O2. The fraction of sp³-hybridized carbons (Fsp3) is 0.167. The van der Waals surface area contributed by atoms with Gasteiger partial charge in [-0.1, -0.05) is 42.8 Å². The quantitative estimate of drug-likeness (QED) is 0.416. The van der Waals surface area contributed by atoms with Gasteiger partial charge in [-0.25, -0.2) is 4.98 Å². The summed E-state index contributed by atoms with van der Waals surface area (Å²) in [5.41, 5.74) is 5.49. The average molecular weight is 420 g/mol. The van der Waals surface area contributed by atoms with Crippen molar-refractivity contribution < 1.29 is 9.53 Å². The first-order chi connectivity index (χ1) is 14.5. The number of H-pyrrole nitrogens is 1. The van der Waals surface area contributed by atoms with E-state index in [4.69, 9.17) is 16.3 Å². The van der Waals surface area contributed by atoms with Gasteiger partial charge in [-0.3, -0.25) is 4.79 Å². The Morgan fingerprint density at radius 3 is 2.70 bits per heavy atom. The molecule has 0 radical (unpaired) electrons. The van der Waals surface area contributed by atoms with E-state index in [1.165, 1.54) is 5.56 Å². The molecule has 4 rings (SSSR count). The summed E-state index contributed by atoms with van der Waals surface area (Å²) in [5.74, 6) is 1.17. The van der Waals surface area contributed by atoms with Crippen molar-refractivity contribution in [2.45, 2.75) is 20.3 Å². The predicted molar refractivity (Wildman–Crippen MR) is 121 cm³/mol. The number of aryl methyl sites for hydroxylation is 2. The van der Waals surface area contributed by atoms with Crippen LogP contribution in [0.15, 0.2) is 60.7 Å². The monoisotopic (exact) mass is 419 g/mol. The number of nitrogens with zero attached hydrogens (tertiary/aromatic N) is 1. The Kier molecular flexibility index (Phi) is 5.72. The van der Waals surface area contributed by atoms with Crippen LogP contribution in [-0.2, 0) is 11.2 Å². The topological polar surface area (TPSA) is 67.0 Å².